The predicted octanol–water partition coefficient (Wildman–Crippen LogP) is 2.58. The molecule has 5 rings (SSSR count). The highest BCUT2D eigenvalue weighted by molar-refractivity contribution is 7.91. The second-order valence-electron chi connectivity index (χ2n) is 9.62. The van der Waals surface area contributed by atoms with E-state index in [-0.39, 0.29) is 10.6 Å². The average molecular weight is 473 g/mol. The predicted molar refractivity (Wildman–Crippen MR) is 124 cm³/mol. The van der Waals surface area contributed by atoms with E-state index in [0.29, 0.717) is 18.4 Å². The van der Waals surface area contributed by atoms with Crippen LogP contribution in [0.5, 0.6) is 0 Å². The smallest absolute Gasteiger partial charge is 0.225 e. The lowest BCUT2D eigenvalue weighted by atomic mass is 9.91. The van der Waals surface area contributed by atoms with Crippen LogP contribution in [0.15, 0.2) is 35.6 Å². The van der Waals surface area contributed by atoms with Gasteiger partial charge in [0.05, 0.1) is 36.2 Å². The Kier molecular flexibility index (Phi) is 6.62. The van der Waals surface area contributed by atoms with Crippen molar-refractivity contribution in [1.82, 2.24) is 15.0 Å². The number of hydrogen-bond acceptors (Lipinski definition) is 8. The highest BCUT2D eigenvalue weighted by Crippen LogP contribution is 2.48. The minimum atomic E-state index is -3.46. The van der Waals surface area contributed by atoms with Crippen LogP contribution < -0.4 is 4.90 Å². The van der Waals surface area contributed by atoms with E-state index in [9.17, 15) is 8.42 Å². The number of sulfone groups is 1. The summed E-state index contributed by atoms with van der Waals surface area (Å²) in [6.45, 7) is 2.76. The molecule has 3 fully saturated rings. The van der Waals surface area contributed by atoms with Gasteiger partial charge in [-0.05, 0) is 73.5 Å². The van der Waals surface area contributed by atoms with Gasteiger partial charge in [0.2, 0.25) is 5.95 Å². The molecule has 9 heteroatoms. The largest absolute Gasteiger partial charge is 0.395 e. The molecule has 0 amide bonds. The van der Waals surface area contributed by atoms with E-state index in [4.69, 9.17) is 9.84 Å². The van der Waals surface area contributed by atoms with Crippen LogP contribution in [0, 0.1) is 17.8 Å². The molecule has 2 saturated carbocycles. The summed E-state index contributed by atoms with van der Waals surface area (Å²) in [5.74, 6) is 3.38. The average Bonchev–Trinajstić information content (AvgIpc) is 3.75. The molecular formula is C24H32N4O4S. The van der Waals surface area contributed by atoms with E-state index in [1.54, 1.807) is 6.07 Å². The zero-order valence-electron chi connectivity index (χ0n) is 18.8. The van der Waals surface area contributed by atoms with Crippen molar-refractivity contribution < 1.29 is 18.3 Å². The first-order valence-electron chi connectivity index (χ1n) is 12.0. The lowest BCUT2D eigenvalue weighted by Crippen LogP contribution is -2.35. The SMILES string of the molecule is O=S(=O)(CCO)c1ccc(COCC2CC2C2CCN(c3ncc(C4CC4)cn3)CC2)nc1. The third kappa shape index (κ3) is 5.53. The van der Waals surface area contributed by atoms with Crippen molar-refractivity contribution in [2.75, 3.05) is 37.0 Å². The van der Waals surface area contributed by atoms with Crippen LogP contribution in [0.3, 0.4) is 0 Å². The molecule has 2 aromatic heterocycles. The summed E-state index contributed by atoms with van der Waals surface area (Å²) in [5.41, 5.74) is 2.00. The topological polar surface area (TPSA) is 106 Å². The molecule has 1 saturated heterocycles. The van der Waals surface area contributed by atoms with Gasteiger partial charge in [-0.25, -0.2) is 18.4 Å². The molecule has 2 unspecified atom stereocenters. The van der Waals surface area contributed by atoms with Crippen molar-refractivity contribution in [2.24, 2.45) is 17.8 Å². The monoisotopic (exact) mass is 472 g/mol. The van der Waals surface area contributed by atoms with Gasteiger partial charge in [-0.1, -0.05) is 0 Å². The van der Waals surface area contributed by atoms with Crippen molar-refractivity contribution >= 4 is 15.8 Å². The maximum Gasteiger partial charge on any atom is 0.225 e. The summed E-state index contributed by atoms with van der Waals surface area (Å²) < 4.78 is 29.8. The summed E-state index contributed by atoms with van der Waals surface area (Å²) in [5, 5.41) is 8.87. The van der Waals surface area contributed by atoms with Crippen molar-refractivity contribution in [2.45, 2.75) is 49.5 Å². The lowest BCUT2D eigenvalue weighted by Gasteiger charge is -2.32. The van der Waals surface area contributed by atoms with E-state index in [1.807, 2.05) is 12.4 Å². The number of aliphatic hydroxyl groups excluding tert-OH is 1. The van der Waals surface area contributed by atoms with Gasteiger partial charge in [-0.2, -0.15) is 0 Å². The van der Waals surface area contributed by atoms with Crippen LogP contribution in [0.2, 0.25) is 0 Å². The molecule has 2 atom stereocenters. The summed E-state index contributed by atoms with van der Waals surface area (Å²) in [4.78, 5) is 15.9. The number of nitrogens with zero attached hydrogens (tertiary/aromatic N) is 4. The van der Waals surface area contributed by atoms with Gasteiger partial charge >= 0.3 is 0 Å². The summed E-state index contributed by atoms with van der Waals surface area (Å²) in [7, 11) is -3.46. The van der Waals surface area contributed by atoms with Crippen molar-refractivity contribution in [3.8, 4) is 0 Å². The fraction of sp³-hybridized carbons (Fsp3) is 0.625. The molecule has 0 radical (unpaired) electrons. The number of ether oxygens (including phenoxy) is 1. The molecule has 0 bridgehead atoms. The zero-order chi connectivity index (χ0) is 22.8. The van der Waals surface area contributed by atoms with Crippen LogP contribution in [0.4, 0.5) is 5.95 Å². The Morgan fingerprint density at radius 1 is 1.03 bits per heavy atom. The maximum absolute atomic E-state index is 11.9. The highest BCUT2D eigenvalue weighted by Gasteiger charge is 2.43. The fourth-order valence-corrected chi connectivity index (χ4v) is 5.89. The normalized spacial score (nSPS) is 23.6. The van der Waals surface area contributed by atoms with E-state index < -0.39 is 16.4 Å². The van der Waals surface area contributed by atoms with E-state index in [0.717, 1.165) is 43.2 Å². The molecule has 8 nitrogen and oxygen atoms in total. The lowest BCUT2D eigenvalue weighted by molar-refractivity contribution is 0.102. The Bertz CT molecular complexity index is 1030. The maximum atomic E-state index is 11.9. The fourth-order valence-electron chi connectivity index (χ4n) is 4.92. The van der Waals surface area contributed by atoms with Gasteiger partial charge in [0, 0.05) is 31.7 Å². The molecule has 178 valence electrons. The Morgan fingerprint density at radius 2 is 1.79 bits per heavy atom. The Morgan fingerprint density at radius 3 is 2.42 bits per heavy atom. The van der Waals surface area contributed by atoms with Crippen molar-refractivity contribution in [1.29, 1.82) is 0 Å². The molecule has 0 spiro atoms. The first-order chi connectivity index (χ1) is 16.0. The number of aliphatic hydroxyl groups is 1. The third-order valence-corrected chi connectivity index (χ3v) is 8.89. The number of aromatic nitrogens is 3. The Labute approximate surface area is 195 Å². The number of hydrogen-bond donors (Lipinski definition) is 1. The highest BCUT2D eigenvalue weighted by atomic mass is 32.2. The van der Waals surface area contributed by atoms with Gasteiger partial charge in [-0.3, -0.25) is 4.98 Å². The van der Waals surface area contributed by atoms with Gasteiger partial charge in [-0.15, -0.1) is 0 Å². The number of anilines is 1. The Hall–Kier alpha value is -2.10. The molecule has 2 aromatic rings. The molecule has 1 N–H and O–H groups in total. The quantitative estimate of drug-likeness (QED) is 0.563. The zero-order valence-corrected chi connectivity index (χ0v) is 19.7. The minimum absolute atomic E-state index is 0.137. The molecular weight excluding hydrogens is 440 g/mol. The van der Waals surface area contributed by atoms with Crippen molar-refractivity contribution in [3.63, 3.8) is 0 Å². The van der Waals surface area contributed by atoms with E-state index >= 15 is 0 Å². The molecule has 1 aliphatic heterocycles. The van der Waals surface area contributed by atoms with E-state index in [2.05, 4.69) is 19.9 Å². The molecule has 2 aliphatic carbocycles. The summed E-state index contributed by atoms with van der Waals surface area (Å²) >= 11 is 0. The van der Waals surface area contributed by atoms with Gasteiger partial charge in [0.1, 0.15) is 0 Å². The second kappa shape index (κ2) is 9.64. The van der Waals surface area contributed by atoms with Crippen LogP contribution in [-0.2, 0) is 21.2 Å². The summed E-state index contributed by atoms with van der Waals surface area (Å²) in [6.07, 6.45) is 11.5. The molecule has 33 heavy (non-hydrogen) atoms. The van der Waals surface area contributed by atoms with Crippen LogP contribution in [0.25, 0.3) is 0 Å². The molecule has 3 heterocycles. The van der Waals surface area contributed by atoms with Gasteiger partial charge in [0.25, 0.3) is 0 Å². The summed E-state index contributed by atoms with van der Waals surface area (Å²) in [6, 6.07) is 3.22. The first kappa shape index (κ1) is 22.7. The first-order valence-corrected chi connectivity index (χ1v) is 13.6. The Balaban J connectivity index is 1.02. The third-order valence-electron chi connectivity index (χ3n) is 7.21. The molecule has 3 aliphatic rings. The van der Waals surface area contributed by atoms with Crippen molar-refractivity contribution in [3.05, 3.63) is 42.0 Å². The second-order valence-corrected chi connectivity index (χ2v) is 11.7. The van der Waals surface area contributed by atoms with Gasteiger partial charge in [0.15, 0.2) is 9.84 Å². The van der Waals surface area contributed by atoms with Crippen LogP contribution in [-0.4, -0.2) is 60.5 Å². The van der Waals surface area contributed by atoms with Crippen LogP contribution in [0.1, 0.15) is 49.3 Å². The standard InChI is InChI=1S/C24H32N4O4S/c29-9-10-33(30,31)22-4-3-21(25-14-22)16-32-15-19-11-23(19)18-5-7-28(8-6-18)24-26-12-20(13-27-24)17-1-2-17/h3-4,12-14,17-19,23,29H,1-2,5-11,15-16H2. The van der Waals surface area contributed by atoms with E-state index in [1.165, 1.54) is 49.9 Å². The minimum Gasteiger partial charge on any atom is -0.395 e. The van der Waals surface area contributed by atoms with Crippen LogP contribution >= 0.6 is 0 Å². The van der Waals surface area contributed by atoms with Gasteiger partial charge < -0.3 is 14.7 Å². The number of pyridine rings is 1. The number of rotatable bonds is 10. The molecule has 0 aromatic carbocycles. The number of piperidine rings is 1.